The first-order valence-electron chi connectivity index (χ1n) is 9.67. The topological polar surface area (TPSA) is 71.9 Å². The number of carbonyl (C=O) groups excluding carboxylic acids is 2. The lowest BCUT2D eigenvalue weighted by molar-refractivity contribution is -0.862. The van der Waals surface area contributed by atoms with Gasteiger partial charge in [0.2, 0.25) is 0 Å². The molecule has 0 aromatic heterocycles. The van der Waals surface area contributed by atoms with Gasteiger partial charge in [-0.2, -0.15) is 0 Å². The number of hydrogen-bond acceptors (Lipinski definition) is 3. The summed E-state index contributed by atoms with van der Waals surface area (Å²) in [7, 11) is 3.33. The average molecular weight is 419 g/mol. The number of ether oxygens (including phenoxy) is 1. The van der Waals surface area contributed by atoms with E-state index >= 15 is 0 Å². The number of carbonyl (C=O) groups is 2. The van der Waals surface area contributed by atoms with E-state index in [4.69, 9.17) is 16.3 Å². The van der Waals surface area contributed by atoms with Crippen molar-refractivity contribution in [1.82, 2.24) is 0 Å². The zero-order chi connectivity index (χ0) is 21.4. The SMILES string of the molecule is CC[C@H](C)c1ccccc1NC(=O)C[NH+](C)CC(=O)Nc1cc(Cl)ccc1OC. The highest BCUT2D eigenvalue weighted by molar-refractivity contribution is 6.31. The van der Waals surface area contributed by atoms with Crippen LogP contribution in [0.4, 0.5) is 11.4 Å². The van der Waals surface area contributed by atoms with Crippen LogP contribution in [0.1, 0.15) is 31.7 Å². The number of rotatable bonds is 9. The first-order valence-corrected chi connectivity index (χ1v) is 10.0. The minimum Gasteiger partial charge on any atom is -0.495 e. The molecule has 1 unspecified atom stereocenters. The minimum absolute atomic E-state index is 0.133. The number of likely N-dealkylation sites (N-methyl/N-ethyl adjacent to an activating group) is 1. The van der Waals surface area contributed by atoms with Crippen molar-refractivity contribution in [3.8, 4) is 5.75 Å². The van der Waals surface area contributed by atoms with E-state index in [1.165, 1.54) is 7.11 Å². The Hall–Kier alpha value is -2.57. The molecule has 6 nitrogen and oxygen atoms in total. The maximum Gasteiger partial charge on any atom is 0.279 e. The number of halogens is 1. The normalized spacial score (nSPS) is 12.7. The predicted molar refractivity (Wildman–Crippen MR) is 117 cm³/mol. The summed E-state index contributed by atoms with van der Waals surface area (Å²) in [5.41, 5.74) is 2.45. The van der Waals surface area contributed by atoms with Gasteiger partial charge in [0, 0.05) is 10.7 Å². The molecule has 0 aliphatic rings. The highest BCUT2D eigenvalue weighted by Crippen LogP contribution is 2.27. The van der Waals surface area contributed by atoms with Crippen LogP contribution in [-0.2, 0) is 9.59 Å². The Kier molecular flexibility index (Phi) is 8.49. The summed E-state index contributed by atoms with van der Waals surface area (Å²) in [6.07, 6.45) is 0.991. The van der Waals surface area contributed by atoms with Crippen LogP contribution in [-0.4, -0.2) is 39.1 Å². The third kappa shape index (κ3) is 6.76. The van der Waals surface area contributed by atoms with Crippen LogP contribution in [0.2, 0.25) is 5.02 Å². The van der Waals surface area contributed by atoms with Crippen molar-refractivity contribution >= 4 is 34.8 Å². The molecule has 2 amide bonds. The molecule has 2 rings (SSSR count). The molecule has 2 atom stereocenters. The largest absolute Gasteiger partial charge is 0.495 e. The molecule has 3 N–H and O–H groups in total. The lowest BCUT2D eigenvalue weighted by Crippen LogP contribution is -3.11. The molecule has 0 spiro atoms. The summed E-state index contributed by atoms with van der Waals surface area (Å²) in [5, 5.41) is 6.26. The van der Waals surface area contributed by atoms with Gasteiger partial charge in [-0.05, 0) is 42.2 Å². The summed E-state index contributed by atoms with van der Waals surface area (Å²) in [6.45, 7) is 4.57. The number of nitrogens with one attached hydrogen (secondary N) is 3. The smallest absolute Gasteiger partial charge is 0.279 e. The molecule has 0 saturated heterocycles. The monoisotopic (exact) mass is 418 g/mol. The fourth-order valence-electron chi connectivity index (χ4n) is 3.04. The molecule has 2 aromatic carbocycles. The van der Waals surface area contributed by atoms with Gasteiger partial charge in [0.05, 0.1) is 19.8 Å². The van der Waals surface area contributed by atoms with Crippen molar-refractivity contribution < 1.29 is 19.2 Å². The van der Waals surface area contributed by atoms with Crippen molar-refractivity contribution in [3.05, 3.63) is 53.1 Å². The van der Waals surface area contributed by atoms with Crippen LogP contribution >= 0.6 is 11.6 Å². The highest BCUT2D eigenvalue weighted by Gasteiger charge is 2.17. The molecular weight excluding hydrogens is 390 g/mol. The summed E-state index contributed by atoms with van der Waals surface area (Å²) < 4.78 is 5.23. The second-order valence-corrected chi connectivity index (χ2v) is 7.58. The van der Waals surface area contributed by atoms with Crippen molar-refractivity contribution in [2.75, 3.05) is 37.9 Å². The van der Waals surface area contributed by atoms with E-state index in [-0.39, 0.29) is 24.9 Å². The van der Waals surface area contributed by atoms with Gasteiger partial charge in [-0.15, -0.1) is 0 Å². The fraction of sp³-hybridized carbons (Fsp3) is 0.364. The molecule has 7 heteroatoms. The lowest BCUT2D eigenvalue weighted by Gasteiger charge is -2.17. The number of benzene rings is 2. The second kappa shape index (κ2) is 10.8. The van der Waals surface area contributed by atoms with Gasteiger partial charge in [0.25, 0.3) is 11.8 Å². The zero-order valence-corrected chi connectivity index (χ0v) is 18.1. The molecule has 0 aliphatic carbocycles. The Morgan fingerprint density at radius 3 is 2.31 bits per heavy atom. The number of anilines is 2. The van der Waals surface area contributed by atoms with Crippen molar-refractivity contribution in [2.45, 2.75) is 26.2 Å². The van der Waals surface area contributed by atoms with Gasteiger partial charge in [-0.25, -0.2) is 0 Å². The zero-order valence-electron chi connectivity index (χ0n) is 17.3. The molecular formula is C22H29ClN3O3+. The van der Waals surface area contributed by atoms with Gasteiger partial charge in [-0.3, -0.25) is 9.59 Å². The number of hydrogen-bond donors (Lipinski definition) is 3. The first-order chi connectivity index (χ1) is 13.8. The van der Waals surface area contributed by atoms with E-state index in [1.807, 2.05) is 24.3 Å². The third-order valence-electron chi connectivity index (χ3n) is 4.74. The van der Waals surface area contributed by atoms with Crippen LogP contribution in [0.5, 0.6) is 5.75 Å². The second-order valence-electron chi connectivity index (χ2n) is 7.15. The van der Waals surface area contributed by atoms with Crippen LogP contribution in [0.15, 0.2) is 42.5 Å². The number of quaternary nitrogens is 1. The number of amides is 2. The Morgan fingerprint density at radius 2 is 1.69 bits per heavy atom. The van der Waals surface area contributed by atoms with Crippen LogP contribution in [0, 0.1) is 0 Å². The molecule has 29 heavy (non-hydrogen) atoms. The molecule has 2 aromatic rings. The van der Waals surface area contributed by atoms with Gasteiger partial charge >= 0.3 is 0 Å². The van der Waals surface area contributed by atoms with Crippen LogP contribution in [0.3, 0.4) is 0 Å². The van der Waals surface area contributed by atoms with Crippen LogP contribution < -0.4 is 20.3 Å². The van der Waals surface area contributed by atoms with E-state index < -0.39 is 0 Å². The summed E-state index contributed by atoms with van der Waals surface area (Å²) in [5.74, 6) is 0.525. The van der Waals surface area contributed by atoms with E-state index in [1.54, 1.807) is 25.2 Å². The van der Waals surface area contributed by atoms with Gasteiger partial charge < -0.3 is 20.3 Å². The maximum atomic E-state index is 12.5. The summed E-state index contributed by atoms with van der Waals surface area (Å²) in [4.78, 5) is 25.6. The van der Waals surface area contributed by atoms with E-state index in [9.17, 15) is 9.59 Å². The van der Waals surface area contributed by atoms with E-state index in [0.29, 0.717) is 22.4 Å². The molecule has 0 bridgehead atoms. The van der Waals surface area contributed by atoms with Gasteiger partial charge in [0.15, 0.2) is 13.1 Å². The summed E-state index contributed by atoms with van der Waals surface area (Å²) >= 11 is 5.99. The molecule has 156 valence electrons. The summed E-state index contributed by atoms with van der Waals surface area (Å²) in [6, 6.07) is 12.8. The van der Waals surface area contributed by atoms with Gasteiger partial charge in [0.1, 0.15) is 5.75 Å². The average Bonchev–Trinajstić information content (AvgIpc) is 2.67. The molecule has 0 aliphatic heterocycles. The Morgan fingerprint density at radius 1 is 1.07 bits per heavy atom. The first kappa shape index (κ1) is 22.7. The van der Waals surface area contributed by atoms with Gasteiger partial charge in [-0.1, -0.05) is 43.6 Å². The number of para-hydroxylation sites is 1. The molecule has 0 radical (unpaired) electrons. The lowest BCUT2D eigenvalue weighted by atomic mass is 9.97. The van der Waals surface area contributed by atoms with Crippen molar-refractivity contribution in [3.63, 3.8) is 0 Å². The Balaban J connectivity index is 1.92. The maximum absolute atomic E-state index is 12.5. The van der Waals surface area contributed by atoms with Crippen molar-refractivity contribution in [1.29, 1.82) is 0 Å². The molecule has 0 heterocycles. The fourth-order valence-corrected chi connectivity index (χ4v) is 3.21. The van der Waals surface area contributed by atoms with E-state index in [2.05, 4.69) is 24.5 Å². The number of methoxy groups -OCH3 is 1. The van der Waals surface area contributed by atoms with Crippen LogP contribution in [0.25, 0.3) is 0 Å². The van der Waals surface area contributed by atoms with E-state index in [0.717, 1.165) is 22.6 Å². The standard InChI is InChI=1S/C22H28ClN3O3/c1-5-15(2)17-8-6-7-9-18(17)24-21(27)13-26(3)14-22(28)25-19-12-16(23)10-11-20(19)29-4/h6-12,15H,5,13-14H2,1-4H3,(H,24,27)(H,25,28)/p+1/t15-/m0/s1. The quantitative estimate of drug-likeness (QED) is 0.586. The molecule has 0 saturated carbocycles. The Labute approximate surface area is 177 Å². The Bertz CT molecular complexity index is 857. The minimum atomic E-state index is -0.226. The predicted octanol–water partition coefficient (Wildman–Crippen LogP) is 2.95. The third-order valence-corrected chi connectivity index (χ3v) is 4.97. The highest BCUT2D eigenvalue weighted by atomic mass is 35.5. The molecule has 0 fully saturated rings. The van der Waals surface area contributed by atoms with Crippen molar-refractivity contribution in [2.24, 2.45) is 0 Å².